The molecule has 0 saturated heterocycles. The molecule has 4 nitrogen and oxygen atoms in total. The van der Waals surface area contributed by atoms with Gasteiger partial charge in [-0.3, -0.25) is 4.98 Å². The van der Waals surface area contributed by atoms with Crippen LogP contribution < -0.4 is 5.73 Å². The van der Waals surface area contributed by atoms with Crippen molar-refractivity contribution in [3.05, 3.63) is 34.2 Å². The highest BCUT2D eigenvalue weighted by Gasteiger charge is 2.15. The third kappa shape index (κ3) is 2.76. The smallest absolute Gasteiger partial charge is 0.162 e. The number of nitrogens with zero attached hydrogens (tertiary/aromatic N) is 3. The van der Waals surface area contributed by atoms with Crippen LogP contribution in [0.4, 0.5) is 5.82 Å². The average molecular weight is 321 g/mol. The Labute approximate surface area is 121 Å². The molecule has 19 heavy (non-hydrogen) atoms. The van der Waals surface area contributed by atoms with Gasteiger partial charge in [-0.25, -0.2) is 9.97 Å². The number of rotatable bonds is 3. The SMILES string of the molecule is CCc1cnccc1-c1nc(N)c(Br)c(C(C)C)n1. The molecule has 2 aromatic heterocycles. The van der Waals surface area contributed by atoms with E-state index in [1.165, 1.54) is 0 Å². The molecule has 0 aliphatic rings. The van der Waals surface area contributed by atoms with E-state index in [9.17, 15) is 0 Å². The van der Waals surface area contributed by atoms with Crippen molar-refractivity contribution in [3.63, 3.8) is 0 Å². The molecule has 0 radical (unpaired) electrons. The van der Waals surface area contributed by atoms with Gasteiger partial charge < -0.3 is 5.73 Å². The third-order valence-electron chi connectivity index (χ3n) is 2.97. The van der Waals surface area contributed by atoms with E-state index in [0.29, 0.717) is 11.6 Å². The maximum Gasteiger partial charge on any atom is 0.162 e. The third-order valence-corrected chi connectivity index (χ3v) is 3.79. The minimum Gasteiger partial charge on any atom is -0.383 e. The zero-order chi connectivity index (χ0) is 14.0. The lowest BCUT2D eigenvalue weighted by atomic mass is 10.1. The van der Waals surface area contributed by atoms with E-state index in [4.69, 9.17) is 5.73 Å². The van der Waals surface area contributed by atoms with Crippen LogP contribution >= 0.6 is 15.9 Å². The van der Waals surface area contributed by atoms with Crippen LogP contribution in [0.15, 0.2) is 22.9 Å². The van der Waals surface area contributed by atoms with Gasteiger partial charge >= 0.3 is 0 Å². The van der Waals surface area contributed by atoms with Gasteiger partial charge in [-0.15, -0.1) is 0 Å². The molecule has 0 bridgehead atoms. The van der Waals surface area contributed by atoms with Crippen LogP contribution in [0.2, 0.25) is 0 Å². The molecule has 2 rings (SSSR count). The number of nitrogens with two attached hydrogens (primary N) is 1. The summed E-state index contributed by atoms with van der Waals surface area (Å²) in [6, 6.07) is 1.94. The highest BCUT2D eigenvalue weighted by atomic mass is 79.9. The maximum absolute atomic E-state index is 5.97. The molecular weight excluding hydrogens is 304 g/mol. The molecule has 2 N–H and O–H groups in total. The lowest BCUT2D eigenvalue weighted by Crippen LogP contribution is -2.05. The van der Waals surface area contributed by atoms with Crippen molar-refractivity contribution < 1.29 is 0 Å². The second kappa shape index (κ2) is 5.65. The van der Waals surface area contributed by atoms with E-state index in [0.717, 1.165) is 27.7 Å². The average Bonchev–Trinajstić information content (AvgIpc) is 2.41. The molecule has 100 valence electrons. The summed E-state index contributed by atoms with van der Waals surface area (Å²) in [6.07, 6.45) is 4.50. The molecule has 0 unspecified atom stereocenters. The number of anilines is 1. The fraction of sp³-hybridized carbons (Fsp3) is 0.357. The van der Waals surface area contributed by atoms with Crippen LogP contribution in [-0.2, 0) is 6.42 Å². The summed E-state index contributed by atoms with van der Waals surface area (Å²) in [5, 5.41) is 0. The summed E-state index contributed by atoms with van der Waals surface area (Å²) in [4.78, 5) is 13.2. The molecule has 0 atom stereocenters. The van der Waals surface area contributed by atoms with Crippen LogP contribution in [0.25, 0.3) is 11.4 Å². The second-order valence-corrected chi connectivity index (χ2v) is 5.47. The number of hydrogen-bond acceptors (Lipinski definition) is 4. The van der Waals surface area contributed by atoms with E-state index in [-0.39, 0.29) is 5.92 Å². The Morgan fingerprint density at radius 2 is 2.05 bits per heavy atom. The normalized spacial score (nSPS) is 11.0. The van der Waals surface area contributed by atoms with Gasteiger partial charge in [-0.2, -0.15) is 0 Å². The van der Waals surface area contributed by atoms with Gasteiger partial charge in [-0.05, 0) is 39.9 Å². The highest BCUT2D eigenvalue weighted by Crippen LogP contribution is 2.30. The quantitative estimate of drug-likeness (QED) is 0.938. The number of nitrogen functional groups attached to an aromatic ring is 1. The van der Waals surface area contributed by atoms with E-state index in [1.807, 2.05) is 12.3 Å². The lowest BCUT2D eigenvalue weighted by Gasteiger charge is -2.13. The van der Waals surface area contributed by atoms with Gasteiger partial charge in [0.15, 0.2) is 5.82 Å². The lowest BCUT2D eigenvalue weighted by molar-refractivity contribution is 0.810. The van der Waals surface area contributed by atoms with Crippen LogP contribution in [0.1, 0.15) is 37.9 Å². The van der Waals surface area contributed by atoms with Crippen molar-refractivity contribution in [3.8, 4) is 11.4 Å². The molecule has 0 spiro atoms. The van der Waals surface area contributed by atoms with Gasteiger partial charge in [0.05, 0.1) is 10.2 Å². The first-order chi connectivity index (χ1) is 9.04. The van der Waals surface area contributed by atoms with E-state index >= 15 is 0 Å². The minimum atomic E-state index is 0.283. The van der Waals surface area contributed by atoms with Crippen LogP contribution in [0.3, 0.4) is 0 Å². The zero-order valence-electron chi connectivity index (χ0n) is 11.3. The van der Waals surface area contributed by atoms with Gasteiger partial charge in [0, 0.05) is 18.0 Å². The molecule has 0 aliphatic heterocycles. The summed E-state index contributed by atoms with van der Waals surface area (Å²) in [6.45, 7) is 6.26. The number of aromatic nitrogens is 3. The predicted molar refractivity (Wildman–Crippen MR) is 80.8 cm³/mol. The molecular formula is C14H17BrN4. The molecule has 0 fully saturated rings. The molecule has 2 heterocycles. The Kier molecular flexibility index (Phi) is 4.14. The van der Waals surface area contributed by atoms with Gasteiger partial charge in [0.1, 0.15) is 5.82 Å². The van der Waals surface area contributed by atoms with Gasteiger partial charge in [0.2, 0.25) is 0 Å². The van der Waals surface area contributed by atoms with Gasteiger partial charge in [0.25, 0.3) is 0 Å². The highest BCUT2D eigenvalue weighted by molar-refractivity contribution is 9.10. The van der Waals surface area contributed by atoms with Crippen molar-refractivity contribution in [2.45, 2.75) is 33.1 Å². The van der Waals surface area contributed by atoms with E-state index < -0.39 is 0 Å². The first-order valence-electron chi connectivity index (χ1n) is 6.30. The maximum atomic E-state index is 5.97. The Morgan fingerprint density at radius 1 is 1.32 bits per heavy atom. The summed E-state index contributed by atoms with van der Waals surface area (Å²) in [5.41, 5.74) is 9.03. The molecule has 0 saturated carbocycles. The number of pyridine rings is 1. The fourth-order valence-corrected chi connectivity index (χ4v) is 2.55. The first-order valence-corrected chi connectivity index (χ1v) is 7.10. The summed E-state index contributed by atoms with van der Waals surface area (Å²) < 4.78 is 0.790. The molecule has 0 aliphatic carbocycles. The predicted octanol–water partition coefficient (Wildman–Crippen LogP) is 3.57. The van der Waals surface area contributed by atoms with Crippen LogP contribution in [-0.4, -0.2) is 15.0 Å². The van der Waals surface area contributed by atoms with E-state index in [2.05, 4.69) is 51.7 Å². The van der Waals surface area contributed by atoms with Crippen LogP contribution in [0, 0.1) is 0 Å². The van der Waals surface area contributed by atoms with Crippen molar-refractivity contribution >= 4 is 21.7 Å². The van der Waals surface area contributed by atoms with Crippen molar-refractivity contribution in [1.29, 1.82) is 0 Å². The van der Waals surface area contributed by atoms with E-state index in [1.54, 1.807) is 6.20 Å². The minimum absolute atomic E-state index is 0.283. The summed E-state index contributed by atoms with van der Waals surface area (Å²) in [7, 11) is 0. The Bertz CT molecular complexity index is 596. The van der Waals surface area contributed by atoms with Gasteiger partial charge in [-0.1, -0.05) is 20.8 Å². The fourth-order valence-electron chi connectivity index (χ4n) is 1.91. The Hall–Kier alpha value is -1.49. The molecule has 5 heteroatoms. The standard InChI is InChI=1S/C14H17BrN4/c1-4-9-7-17-6-5-10(9)14-18-12(8(2)3)11(15)13(16)19-14/h5-8H,4H2,1-3H3,(H2,16,18,19). The number of hydrogen-bond donors (Lipinski definition) is 1. The zero-order valence-corrected chi connectivity index (χ0v) is 12.9. The Balaban J connectivity index is 2.63. The van der Waals surface area contributed by atoms with Crippen molar-refractivity contribution in [2.75, 3.05) is 5.73 Å². The second-order valence-electron chi connectivity index (χ2n) is 4.67. The number of halogens is 1. The molecule has 2 aromatic rings. The first kappa shape index (κ1) is 13.9. The van der Waals surface area contributed by atoms with Crippen LogP contribution in [0.5, 0.6) is 0 Å². The van der Waals surface area contributed by atoms with Crippen molar-refractivity contribution in [1.82, 2.24) is 15.0 Å². The number of aryl methyl sites for hydroxylation is 1. The Morgan fingerprint density at radius 3 is 2.68 bits per heavy atom. The largest absolute Gasteiger partial charge is 0.383 e. The molecule has 0 aromatic carbocycles. The monoisotopic (exact) mass is 320 g/mol. The molecule has 0 amide bonds. The topological polar surface area (TPSA) is 64.7 Å². The van der Waals surface area contributed by atoms with Crippen molar-refractivity contribution in [2.24, 2.45) is 0 Å². The summed E-state index contributed by atoms with van der Waals surface area (Å²) >= 11 is 3.46. The summed E-state index contributed by atoms with van der Waals surface area (Å²) in [5.74, 6) is 1.43.